The standard InChI is InChI=1S/C13H19BrFN/c1-3-4-5-9-16(2)13-8-6-7-12(15)11(13)10-14/h6-8H,3-5,9-10H2,1-2H3. The van der Waals surface area contributed by atoms with Gasteiger partial charge in [-0.15, -0.1) is 0 Å². The molecule has 0 saturated heterocycles. The van der Waals surface area contributed by atoms with Gasteiger partial charge >= 0.3 is 0 Å². The summed E-state index contributed by atoms with van der Waals surface area (Å²) in [6, 6.07) is 5.26. The van der Waals surface area contributed by atoms with Gasteiger partial charge in [0.15, 0.2) is 0 Å². The number of hydrogen-bond acceptors (Lipinski definition) is 1. The van der Waals surface area contributed by atoms with Crippen molar-refractivity contribution in [1.29, 1.82) is 0 Å². The maximum atomic E-state index is 13.5. The van der Waals surface area contributed by atoms with E-state index in [2.05, 4.69) is 27.8 Å². The van der Waals surface area contributed by atoms with Crippen LogP contribution in [0, 0.1) is 5.82 Å². The molecule has 0 aromatic heterocycles. The molecule has 0 N–H and O–H groups in total. The summed E-state index contributed by atoms with van der Waals surface area (Å²) in [6.07, 6.45) is 3.59. The lowest BCUT2D eigenvalue weighted by atomic mass is 10.1. The molecule has 16 heavy (non-hydrogen) atoms. The fourth-order valence-corrected chi connectivity index (χ4v) is 2.31. The molecule has 0 unspecified atom stereocenters. The van der Waals surface area contributed by atoms with Crippen molar-refractivity contribution in [3.8, 4) is 0 Å². The van der Waals surface area contributed by atoms with Crippen LogP contribution in [0.25, 0.3) is 0 Å². The summed E-state index contributed by atoms with van der Waals surface area (Å²) < 4.78 is 13.5. The van der Waals surface area contributed by atoms with Crippen LogP contribution in [0.1, 0.15) is 31.7 Å². The van der Waals surface area contributed by atoms with Gasteiger partial charge in [0, 0.05) is 30.2 Å². The Hall–Kier alpha value is -0.570. The second-order valence-electron chi connectivity index (χ2n) is 4.00. The van der Waals surface area contributed by atoms with Crippen molar-refractivity contribution in [3.05, 3.63) is 29.6 Å². The van der Waals surface area contributed by atoms with Crippen LogP contribution in [0.5, 0.6) is 0 Å². The quantitative estimate of drug-likeness (QED) is 0.555. The Morgan fingerprint density at radius 1 is 1.31 bits per heavy atom. The third kappa shape index (κ3) is 3.48. The molecule has 0 aliphatic heterocycles. The van der Waals surface area contributed by atoms with Crippen LogP contribution in [0.4, 0.5) is 10.1 Å². The smallest absolute Gasteiger partial charge is 0.129 e. The van der Waals surface area contributed by atoms with Crippen LogP contribution in [-0.4, -0.2) is 13.6 Å². The summed E-state index contributed by atoms with van der Waals surface area (Å²) in [6.45, 7) is 3.17. The van der Waals surface area contributed by atoms with Crippen molar-refractivity contribution in [2.75, 3.05) is 18.5 Å². The van der Waals surface area contributed by atoms with Crippen LogP contribution in [0.15, 0.2) is 18.2 Å². The van der Waals surface area contributed by atoms with Crippen molar-refractivity contribution < 1.29 is 4.39 Å². The van der Waals surface area contributed by atoms with Gasteiger partial charge in [0.05, 0.1) is 0 Å². The lowest BCUT2D eigenvalue weighted by Crippen LogP contribution is -2.20. The molecular formula is C13H19BrFN. The molecule has 0 radical (unpaired) electrons. The van der Waals surface area contributed by atoms with Crippen LogP contribution in [0.2, 0.25) is 0 Å². The first-order valence-corrected chi connectivity index (χ1v) is 6.87. The van der Waals surface area contributed by atoms with Gasteiger partial charge < -0.3 is 4.90 Å². The molecule has 1 nitrogen and oxygen atoms in total. The minimum atomic E-state index is -0.128. The van der Waals surface area contributed by atoms with Crippen LogP contribution in [0.3, 0.4) is 0 Å². The Morgan fingerprint density at radius 3 is 2.69 bits per heavy atom. The van der Waals surface area contributed by atoms with Gasteiger partial charge in [0.2, 0.25) is 0 Å². The molecule has 0 aliphatic rings. The van der Waals surface area contributed by atoms with Gasteiger partial charge in [-0.05, 0) is 18.6 Å². The average Bonchev–Trinajstić information content (AvgIpc) is 2.29. The highest BCUT2D eigenvalue weighted by Crippen LogP contribution is 2.24. The normalized spacial score (nSPS) is 10.5. The van der Waals surface area contributed by atoms with E-state index in [1.165, 1.54) is 18.9 Å². The number of benzene rings is 1. The molecule has 90 valence electrons. The van der Waals surface area contributed by atoms with E-state index in [4.69, 9.17) is 0 Å². The van der Waals surface area contributed by atoms with Crippen molar-refractivity contribution in [3.63, 3.8) is 0 Å². The Labute approximate surface area is 106 Å². The fourth-order valence-electron chi connectivity index (χ4n) is 1.76. The molecule has 1 aromatic rings. The lowest BCUT2D eigenvalue weighted by Gasteiger charge is -2.22. The molecule has 0 heterocycles. The molecular weight excluding hydrogens is 269 g/mol. The number of alkyl halides is 1. The van der Waals surface area contributed by atoms with E-state index in [1.54, 1.807) is 6.07 Å². The first kappa shape index (κ1) is 13.5. The van der Waals surface area contributed by atoms with E-state index in [1.807, 2.05) is 13.1 Å². The van der Waals surface area contributed by atoms with Crippen molar-refractivity contribution in [2.45, 2.75) is 31.5 Å². The van der Waals surface area contributed by atoms with Crippen molar-refractivity contribution in [1.82, 2.24) is 0 Å². The minimum Gasteiger partial charge on any atom is -0.374 e. The monoisotopic (exact) mass is 287 g/mol. The van der Waals surface area contributed by atoms with Gasteiger partial charge in [-0.2, -0.15) is 0 Å². The summed E-state index contributed by atoms with van der Waals surface area (Å²) in [5, 5.41) is 0.563. The molecule has 0 saturated carbocycles. The van der Waals surface area contributed by atoms with Gasteiger partial charge in [0.25, 0.3) is 0 Å². The summed E-state index contributed by atoms with van der Waals surface area (Å²) in [5.41, 5.74) is 1.74. The number of anilines is 1. The van der Waals surface area contributed by atoms with E-state index in [0.29, 0.717) is 5.33 Å². The second-order valence-corrected chi connectivity index (χ2v) is 4.56. The van der Waals surface area contributed by atoms with Gasteiger partial charge in [-0.25, -0.2) is 4.39 Å². The van der Waals surface area contributed by atoms with Crippen LogP contribution < -0.4 is 4.90 Å². The minimum absolute atomic E-state index is 0.128. The molecule has 1 rings (SSSR count). The first-order valence-electron chi connectivity index (χ1n) is 5.75. The first-order chi connectivity index (χ1) is 7.70. The molecule has 0 atom stereocenters. The van der Waals surface area contributed by atoms with E-state index in [9.17, 15) is 4.39 Å². The topological polar surface area (TPSA) is 3.24 Å². The van der Waals surface area contributed by atoms with E-state index in [-0.39, 0.29) is 5.82 Å². The van der Waals surface area contributed by atoms with E-state index < -0.39 is 0 Å². The third-order valence-electron chi connectivity index (χ3n) is 2.74. The molecule has 0 aliphatic carbocycles. The third-order valence-corrected chi connectivity index (χ3v) is 3.30. The molecule has 0 bridgehead atoms. The molecule has 3 heteroatoms. The maximum Gasteiger partial charge on any atom is 0.129 e. The highest BCUT2D eigenvalue weighted by Gasteiger charge is 2.10. The molecule has 0 spiro atoms. The summed E-state index contributed by atoms with van der Waals surface area (Å²) >= 11 is 3.34. The largest absolute Gasteiger partial charge is 0.374 e. The second kappa shape index (κ2) is 6.89. The zero-order chi connectivity index (χ0) is 12.0. The predicted octanol–water partition coefficient (Wildman–Crippen LogP) is 4.35. The Balaban J connectivity index is 2.74. The number of rotatable bonds is 6. The Bertz CT molecular complexity index is 328. The van der Waals surface area contributed by atoms with E-state index in [0.717, 1.165) is 24.2 Å². The summed E-state index contributed by atoms with van der Waals surface area (Å²) in [5.74, 6) is -0.128. The Morgan fingerprint density at radius 2 is 2.06 bits per heavy atom. The number of nitrogens with zero attached hydrogens (tertiary/aromatic N) is 1. The number of unbranched alkanes of at least 4 members (excludes halogenated alkanes) is 2. The maximum absolute atomic E-state index is 13.5. The molecule has 1 aromatic carbocycles. The van der Waals surface area contributed by atoms with Gasteiger partial charge in [-0.1, -0.05) is 41.8 Å². The molecule has 0 fully saturated rings. The van der Waals surface area contributed by atoms with Crippen molar-refractivity contribution >= 4 is 21.6 Å². The molecule has 0 amide bonds. The summed E-state index contributed by atoms with van der Waals surface area (Å²) in [7, 11) is 2.02. The zero-order valence-corrected chi connectivity index (χ0v) is 11.6. The summed E-state index contributed by atoms with van der Waals surface area (Å²) in [4.78, 5) is 2.13. The van der Waals surface area contributed by atoms with Crippen LogP contribution in [-0.2, 0) is 5.33 Å². The zero-order valence-electron chi connectivity index (χ0n) is 9.97. The van der Waals surface area contributed by atoms with Gasteiger partial charge in [0.1, 0.15) is 5.82 Å². The number of hydrogen-bond donors (Lipinski definition) is 0. The predicted molar refractivity (Wildman–Crippen MR) is 71.8 cm³/mol. The SMILES string of the molecule is CCCCCN(C)c1cccc(F)c1CBr. The van der Waals surface area contributed by atoms with E-state index >= 15 is 0 Å². The average molecular weight is 288 g/mol. The lowest BCUT2D eigenvalue weighted by molar-refractivity contribution is 0.616. The van der Waals surface area contributed by atoms with Gasteiger partial charge in [-0.3, -0.25) is 0 Å². The number of halogens is 2. The van der Waals surface area contributed by atoms with Crippen molar-refractivity contribution in [2.24, 2.45) is 0 Å². The van der Waals surface area contributed by atoms with Crippen LogP contribution >= 0.6 is 15.9 Å². The Kier molecular flexibility index (Phi) is 5.81. The fraction of sp³-hybridized carbons (Fsp3) is 0.538. The highest BCUT2D eigenvalue weighted by atomic mass is 79.9. The highest BCUT2D eigenvalue weighted by molar-refractivity contribution is 9.08.